The third kappa shape index (κ3) is 4.70. The first-order valence-electron chi connectivity index (χ1n) is 13.9. The summed E-state index contributed by atoms with van der Waals surface area (Å²) in [4.78, 5) is 27.2. The molecule has 204 valence electrons. The average Bonchev–Trinajstić information content (AvgIpc) is 3.63. The van der Waals surface area contributed by atoms with E-state index in [2.05, 4.69) is 60.5 Å². The lowest BCUT2D eigenvalue weighted by molar-refractivity contribution is 0.0652. The van der Waals surface area contributed by atoms with E-state index in [9.17, 15) is 4.79 Å². The quantitative estimate of drug-likeness (QED) is 0.456. The number of amides is 1. The number of piperazine rings is 1. The van der Waals surface area contributed by atoms with E-state index >= 15 is 0 Å². The molecular weight excluding hydrogens is 510 g/mol. The molecule has 0 N–H and O–H groups in total. The predicted octanol–water partition coefficient (Wildman–Crippen LogP) is 5.08. The molecule has 0 bridgehead atoms. The molecule has 3 heterocycles. The van der Waals surface area contributed by atoms with Crippen molar-refractivity contribution < 1.29 is 4.79 Å². The Morgan fingerprint density at radius 3 is 2.36 bits per heavy atom. The molecule has 3 aliphatic rings. The van der Waals surface area contributed by atoms with Crippen molar-refractivity contribution in [2.24, 2.45) is 0 Å². The highest BCUT2D eigenvalue weighted by atomic mass is 35.5. The summed E-state index contributed by atoms with van der Waals surface area (Å²) in [5.74, 6) is 0.727. The molecule has 39 heavy (non-hydrogen) atoms. The Balaban J connectivity index is 1.45. The van der Waals surface area contributed by atoms with E-state index in [1.807, 2.05) is 29.2 Å². The maximum Gasteiger partial charge on any atom is 0.293 e. The van der Waals surface area contributed by atoms with Gasteiger partial charge in [-0.1, -0.05) is 31.0 Å². The minimum Gasteiger partial charge on any atom is -0.359 e. The molecule has 1 aliphatic carbocycles. The van der Waals surface area contributed by atoms with Crippen LogP contribution in [-0.4, -0.2) is 82.8 Å². The maximum atomic E-state index is 13.5. The van der Waals surface area contributed by atoms with Gasteiger partial charge in [-0.3, -0.25) is 4.79 Å². The Kier molecular flexibility index (Phi) is 6.85. The Bertz CT molecular complexity index is 1390. The SMILES string of the molecule is C=C1[C@@H](C)N(C2CCCC2)c2cc(-c3nc(C(=O)N4CCN(C)CC4)nn3-c3ccc(Cl)cc3)ccc2N1C. The highest BCUT2D eigenvalue weighted by Crippen LogP contribution is 2.44. The summed E-state index contributed by atoms with van der Waals surface area (Å²) in [6.07, 6.45) is 4.90. The molecule has 1 saturated heterocycles. The molecule has 0 radical (unpaired) electrons. The fourth-order valence-electron chi connectivity index (χ4n) is 6.16. The summed E-state index contributed by atoms with van der Waals surface area (Å²) in [5.41, 5.74) is 5.15. The largest absolute Gasteiger partial charge is 0.359 e. The normalized spacial score (nSPS) is 20.6. The highest BCUT2D eigenvalue weighted by molar-refractivity contribution is 6.30. The molecule has 2 aromatic carbocycles. The second-order valence-corrected chi connectivity index (χ2v) is 11.5. The number of fused-ring (bicyclic) bond motifs is 1. The number of benzene rings is 2. The Morgan fingerprint density at radius 2 is 1.67 bits per heavy atom. The van der Waals surface area contributed by atoms with Crippen LogP contribution in [0.15, 0.2) is 54.7 Å². The van der Waals surface area contributed by atoms with Crippen LogP contribution >= 0.6 is 11.6 Å². The number of aromatic nitrogens is 3. The average molecular weight is 546 g/mol. The van der Waals surface area contributed by atoms with Crippen molar-refractivity contribution in [2.45, 2.75) is 44.7 Å². The zero-order valence-corrected chi connectivity index (χ0v) is 23.7. The highest BCUT2D eigenvalue weighted by Gasteiger charge is 2.36. The summed E-state index contributed by atoms with van der Waals surface area (Å²) < 4.78 is 1.77. The smallest absolute Gasteiger partial charge is 0.293 e. The van der Waals surface area contributed by atoms with Crippen molar-refractivity contribution in [3.05, 3.63) is 65.6 Å². The monoisotopic (exact) mass is 545 g/mol. The molecule has 0 spiro atoms. The molecule has 2 fully saturated rings. The van der Waals surface area contributed by atoms with Crippen molar-refractivity contribution in [2.75, 3.05) is 50.1 Å². The first-order chi connectivity index (χ1) is 18.8. The molecule has 1 aromatic heterocycles. The van der Waals surface area contributed by atoms with Crippen molar-refractivity contribution in [1.29, 1.82) is 0 Å². The lowest BCUT2D eigenvalue weighted by Crippen LogP contribution is -2.48. The topological polar surface area (TPSA) is 60.7 Å². The fourth-order valence-corrected chi connectivity index (χ4v) is 6.28. The van der Waals surface area contributed by atoms with Crippen molar-refractivity contribution in [1.82, 2.24) is 24.6 Å². The fraction of sp³-hybridized carbons (Fsp3) is 0.433. The molecule has 0 unspecified atom stereocenters. The van der Waals surface area contributed by atoms with Crippen LogP contribution in [0, 0.1) is 0 Å². The summed E-state index contributed by atoms with van der Waals surface area (Å²) in [6, 6.07) is 14.6. The number of anilines is 2. The summed E-state index contributed by atoms with van der Waals surface area (Å²) in [5, 5.41) is 5.40. The van der Waals surface area contributed by atoms with Crippen LogP contribution in [0.2, 0.25) is 5.02 Å². The first-order valence-corrected chi connectivity index (χ1v) is 14.3. The first kappa shape index (κ1) is 25.9. The van der Waals surface area contributed by atoms with Crippen LogP contribution in [0.5, 0.6) is 0 Å². The summed E-state index contributed by atoms with van der Waals surface area (Å²) >= 11 is 6.19. The van der Waals surface area contributed by atoms with E-state index in [1.165, 1.54) is 31.4 Å². The van der Waals surface area contributed by atoms with Crippen molar-refractivity contribution in [3.63, 3.8) is 0 Å². The van der Waals surface area contributed by atoms with Gasteiger partial charge in [0.2, 0.25) is 5.82 Å². The number of nitrogens with zero attached hydrogens (tertiary/aromatic N) is 7. The zero-order valence-electron chi connectivity index (χ0n) is 23.0. The predicted molar refractivity (Wildman–Crippen MR) is 157 cm³/mol. The van der Waals surface area contributed by atoms with Crippen LogP contribution in [0.3, 0.4) is 0 Å². The number of halogens is 1. The number of likely N-dealkylation sites (N-methyl/N-ethyl adjacent to an activating group) is 2. The molecular formula is C30H36ClN7O. The van der Waals surface area contributed by atoms with Gasteiger partial charge in [-0.25, -0.2) is 9.67 Å². The van der Waals surface area contributed by atoms with E-state index in [-0.39, 0.29) is 17.8 Å². The van der Waals surface area contributed by atoms with Gasteiger partial charge in [-0.2, -0.15) is 0 Å². The molecule has 1 amide bonds. The summed E-state index contributed by atoms with van der Waals surface area (Å²) in [6.45, 7) is 9.68. The lowest BCUT2D eigenvalue weighted by Gasteiger charge is -2.46. The van der Waals surface area contributed by atoms with Crippen LogP contribution < -0.4 is 9.80 Å². The van der Waals surface area contributed by atoms with E-state index in [0.717, 1.165) is 35.7 Å². The molecule has 1 saturated carbocycles. The Hall–Kier alpha value is -3.36. The minimum atomic E-state index is -0.132. The van der Waals surface area contributed by atoms with Gasteiger partial charge in [0.15, 0.2) is 5.82 Å². The number of carbonyl (C=O) groups excluding carboxylic acids is 1. The van der Waals surface area contributed by atoms with Crippen LogP contribution in [0.1, 0.15) is 43.2 Å². The van der Waals surface area contributed by atoms with Crippen LogP contribution in [0.4, 0.5) is 11.4 Å². The molecule has 8 nitrogen and oxygen atoms in total. The maximum absolute atomic E-state index is 13.5. The second-order valence-electron chi connectivity index (χ2n) is 11.0. The third-order valence-electron chi connectivity index (χ3n) is 8.58. The van der Waals surface area contributed by atoms with Gasteiger partial charge in [0.05, 0.1) is 23.1 Å². The Labute approximate surface area is 235 Å². The Morgan fingerprint density at radius 1 is 0.974 bits per heavy atom. The molecule has 3 aromatic rings. The standard InChI is InChI=1S/C30H36ClN7O/c1-20-21(2)37(24-7-5-6-8-24)27-19-22(9-14-26(27)35(20)4)29-32-28(30(39)36-17-15-34(3)16-18-36)33-38(29)25-12-10-23(31)11-13-25/h9-14,19,21,24H,1,5-8,15-18H2,2-4H3/t21-/m1/s1. The third-order valence-corrected chi connectivity index (χ3v) is 8.83. The van der Waals surface area contributed by atoms with Crippen LogP contribution in [-0.2, 0) is 0 Å². The lowest BCUT2D eigenvalue weighted by atomic mass is 9.99. The summed E-state index contributed by atoms with van der Waals surface area (Å²) in [7, 11) is 4.17. The van der Waals surface area contributed by atoms with Gasteiger partial charge in [0, 0.05) is 55.6 Å². The second kappa shape index (κ2) is 10.3. The van der Waals surface area contributed by atoms with Gasteiger partial charge in [0.25, 0.3) is 5.91 Å². The van der Waals surface area contributed by atoms with Gasteiger partial charge < -0.3 is 19.6 Å². The number of rotatable bonds is 4. The molecule has 6 rings (SSSR count). The number of carbonyl (C=O) groups is 1. The van der Waals surface area contributed by atoms with Gasteiger partial charge in [-0.05, 0) is 69.3 Å². The van der Waals surface area contributed by atoms with E-state index in [1.54, 1.807) is 4.68 Å². The molecule has 9 heteroatoms. The van der Waals surface area contributed by atoms with Crippen molar-refractivity contribution >= 4 is 28.9 Å². The number of hydrogen-bond acceptors (Lipinski definition) is 6. The van der Waals surface area contributed by atoms with E-state index < -0.39 is 0 Å². The molecule has 1 atom stereocenters. The van der Waals surface area contributed by atoms with E-state index in [4.69, 9.17) is 21.7 Å². The van der Waals surface area contributed by atoms with Crippen LogP contribution in [0.25, 0.3) is 17.1 Å². The minimum absolute atomic E-state index is 0.132. The van der Waals surface area contributed by atoms with Gasteiger partial charge in [0.1, 0.15) is 0 Å². The van der Waals surface area contributed by atoms with Crippen molar-refractivity contribution in [3.8, 4) is 17.1 Å². The van der Waals surface area contributed by atoms with Gasteiger partial charge >= 0.3 is 0 Å². The zero-order chi connectivity index (χ0) is 27.3. The number of hydrogen-bond donors (Lipinski definition) is 0. The van der Waals surface area contributed by atoms with E-state index in [0.29, 0.717) is 30.0 Å². The van der Waals surface area contributed by atoms with Gasteiger partial charge in [-0.15, -0.1) is 5.10 Å². The molecule has 2 aliphatic heterocycles.